The monoisotopic (exact) mass is 126 g/mol. The van der Waals surface area contributed by atoms with Crippen molar-refractivity contribution in [2.24, 2.45) is 5.16 Å². The Labute approximate surface area is 55.9 Å². The molecule has 1 aliphatic rings. The molecule has 0 aromatic heterocycles. The van der Waals surface area contributed by atoms with Gasteiger partial charge in [0.15, 0.2) is 0 Å². The Morgan fingerprint density at radius 2 is 2.11 bits per heavy atom. The van der Waals surface area contributed by atoms with Crippen LogP contribution in [0.1, 0.15) is 25.7 Å². The second kappa shape index (κ2) is 3.49. The van der Waals surface area contributed by atoms with Crippen molar-refractivity contribution >= 4 is 5.71 Å². The van der Waals surface area contributed by atoms with E-state index in [-0.39, 0.29) is 0 Å². The van der Waals surface area contributed by atoms with Crippen LogP contribution in [-0.2, 0) is 4.84 Å². The van der Waals surface area contributed by atoms with Crippen LogP contribution in [0.5, 0.6) is 0 Å². The quantitative estimate of drug-likeness (QED) is 0.490. The second-order valence-corrected chi connectivity index (χ2v) is 2.21. The maximum absolute atomic E-state index is 4.66. The summed E-state index contributed by atoms with van der Waals surface area (Å²) < 4.78 is 0. The third kappa shape index (κ3) is 2.04. The first-order chi connectivity index (χ1) is 4.43. The Balaban J connectivity index is 2.30. The molecule has 0 heterocycles. The highest BCUT2D eigenvalue weighted by Crippen LogP contribution is 2.13. The molecule has 2 heteroatoms. The molecule has 0 bridgehead atoms. The van der Waals surface area contributed by atoms with E-state index >= 15 is 0 Å². The fourth-order valence-electron chi connectivity index (χ4n) is 1.03. The van der Waals surface area contributed by atoms with Crippen LogP contribution in [0.15, 0.2) is 5.16 Å². The van der Waals surface area contributed by atoms with Crippen LogP contribution in [0.2, 0.25) is 0 Å². The summed E-state index contributed by atoms with van der Waals surface area (Å²) in [4.78, 5) is 4.66. The summed E-state index contributed by atoms with van der Waals surface area (Å²) in [7, 11) is 1.60. The molecule has 0 aromatic carbocycles. The van der Waals surface area contributed by atoms with E-state index < -0.39 is 0 Å². The van der Waals surface area contributed by atoms with Crippen molar-refractivity contribution in [1.82, 2.24) is 0 Å². The van der Waals surface area contributed by atoms with Gasteiger partial charge in [-0.25, -0.2) is 0 Å². The van der Waals surface area contributed by atoms with Gasteiger partial charge >= 0.3 is 0 Å². The fraction of sp³-hybridized carbons (Fsp3) is 0.714. The van der Waals surface area contributed by atoms with Crippen LogP contribution in [0.3, 0.4) is 0 Å². The summed E-state index contributed by atoms with van der Waals surface area (Å²) in [5.74, 6) is 0. The minimum Gasteiger partial charge on any atom is -0.399 e. The van der Waals surface area contributed by atoms with Gasteiger partial charge in [0, 0.05) is 0 Å². The van der Waals surface area contributed by atoms with Crippen LogP contribution in [-0.4, -0.2) is 12.8 Å². The molecule has 1 fully saturated rings. The normalized spacial score (nSPS) is 19.4. The third-order valence-corrected chi connectivity index (χ3v) is 1.49. The molecule has 0 aliphatic heterocycles. The number of nitrogens with zero attached hydrogens (tertiary/aromatic N) is 1. The fourth-order valence-corrected chi connectivity index (χ4v) is 1.03. The Morgan fingerprint density at radius 3 is 2.67 bits per heavy atom. The summed E-state index contributed by atoms with van der Waals surface area (Å²) in [6.07, 6.45) is 6.82. The Hall–Kier alpha value is -0.530. The molecule has 1 saturated carbocycles. The first-order valence-corrected chi connectivity index (χ1v) is 3.34. The van der Waals surface area contributed by atoms with Crippen LogP contribution < -0.4 is 0 Å². The minimum atomic E-state index is 1.09. The van der Waals surface area contributed by atoms with E-state index in [1.165, 1.54) is 18.6 Å². The lowest BCUT2D eigenvalue weighted by Gasteiger charge is -2.09. The molecule has 1 radical (unpaired) electrons. The highest BCUT2D eigenvalue weighted by Gasteiger charge is 2.06. The van der Waals surface area contributed by atoms with E-state index in [0.29, 0.717) is 0 Å². The average Bonchev–Trinajstić information content (AvgIpc) is 1.91. The molecule has 1 aliphatic carbocycles. The van der Waals surface area contributed by atoms with Crippen molar-refractivity contribution in [2.45, 2.75) is 25.7 Å². The molecule has 0 spiro atoms. The molecule has 0 N–H and O–H groups in total. The van der Waals surface area contributed by atoms with Gasteiger partial charge in [-0.05, 0) is 32.1 Å². The Bertz CT molecular complexity index is 101. The van der Waals surface area contributed by atoms with Gasteiger partial charge < -0.3 is 4.84 Å². The topological polar surface area (TPSA) is 21.6 Å². The lowest BCUT2D eigenvalue weighted by Crippen LogP contribution is -2.04. The predicted octanol–water partition coefficient (Wildman–Crippen LogP) is 1.77. The molecule has 0 unspecified atom stereocenters. The summed E-state index contributed by atoms with van der Waals surface area (Å²) in [6.45, 7) is 0. The van der Waals surface area contributed by atoms with E-state index in [2.05, 4.69) is 16.4 Å². The van der Waals surface area contributed by atoms with Gasteiger partial charge in [0.1, 0.15) is 7.11 Å². The van der Waals surface area contributed by atoms with Gasteiger partial charge in [0.05, 0.1) is 5.71 Å². The van der Waals surface area contributed by atoms with Gasteiger partial charge in [-0.2, -0.15) is 0 Å². The third-order valence-electron chi connectivity index (χ3n) is 1.49. The predicted molar refractivity (Wildman–Crippen MR) is 37.2 cm³/mol. The van der Waals surface area contributed by atoms with Gasteiger partial charge in [-0.3, -0.25) is 0 Å². The smallest absolute Gasteiger partial charge is 0.106 e. The van der Waals surface area contributed by atoms with Crippen molar-refractivity contribution in [3.8, 4) is 0 Å². The van der Waals surface area contributed by atoms with Gasteiger partial charge in [0.25, 0.3) is 0 Å². The molecule has 9 heavy (non-hydrogen) atoms. The van der Waals surface area contributed by atoms with E-state index in [1.807, 2.05) is 0 Å². The van der Waals surface area contributed by atoms with Gasteiger partial charge in [-0.15, -0.1) is 0 Å². The zero-order valence-corrected chi connectivity index (χ0v) is 5.76. The maximum Gasteiger partial charge on any atom is 0.106 e. The highest BCUT2D eigenvalue weighted by atomic mass is 16.6. The van der Waals surface area contributed by atoms with Crippen molar-refractivity contribution in [3.63, 3.8) is 0 Å². The SMILES string of the molecule is CON=C1CC[CH]CC1. The van der Waals surface area contributed by atoms with Crippen molar-refractivity contribution in [1.29, 1.82) is 0 Å². The average molecular weight is 126 g/mol. The molecular formula is C7H12NO. The number of rotatable bonds is 1. The lowest BCUT2D eigenvalue weighted by molar-refractivity contribution is 0.211. The number of oxime groups is 1. The Morgan fingerprint density at radius 1 is 1.44 bits per heavy atom. The largest absolute Gasteiger partial charge is 0.399 e. The molecule has 0 aromatic rings. The second-order valence-electron chi connectivity index (χ2n) is 2.21. The lowest BCUT2D eigenvalue weighted by atomic mass is 9.99. The molecular weight excluding hydrogens is 114 g/mol. The van der Waals surface area contributed by atoms with Crippen LogP contribution in [0, 0.1) is 6.42 Å². The summed E-state index contributed by atoms with van der Waals surface area (Å²) in [5, 5.41) is 3.88. The molecule has 0 saturated heterocycles. The van der Waals surface area contributed by atoms with E-state index in [4.69, 9.17) is 0 Å². The van der Waals surface area contributed by atoms with Gasteiger partial charge in [0.2, 0.25) is 0 Å². The summed E-state index contributed by atoms with van der Waals surface area (Å²) >= 11 is 0. The Kier molecular flexibility index (Phi) is 2.55. The van der Waals surface area contributed by atoms with Crippen LogP contribution in [0.4, 0.5) is 0 Å². The molecule has 0 amide bonds. The molecule has 1 rings (SSSR count). The van der Waals surface area contributed by atoms with E-state index in [0.717, 1.165) is 12.8 Å². The van der Waals surface area contributed by atoms with Crippen LogP contribution >= 0.6 is 0 Å². The summed E-state index contributed by atoms with van der Waals surface area (Å²) in [5.41, 5.74) is 1.21. The molecule has 51 valence electrons. The van der Waals surface area contributed by atoms with Crippen molar-refractivity contribution < 1.29 is 4.84 Å². The maximum atomic E-state index is 4.66. The first kappa shape index (κ1) is 6.59. The molecule has 0 atom stereocenters. The first-order valence-electron chi connectivity index (χ1n) is 3.34. The zero-order valence-electron chi connectivity index (χ0n) is 5.76. The molecule has 2 nitrogen and oxygen atoms in total. The van der Waals surface area contributed by atoms with E-state index in [1.54, 1.807) is 7.11 Å². The van der Waals surface area contributed by atoms with Crippen molar-refractivity contribution in [2.75, 3.05) is 7.11 Å². The summed E-state index contributed by atoms with van der Waals surface area (Å²) in [6, 6.07) is 0. The van der Waals surface area contributed by atoms with Gasteiger partial charge in [-0.1, -0.05) is 5.16 Å². The zero-order chi connectivity index (χ0) is 6.53. The number of hydrogen-bond donors (Lipinski definition) is 0. The minimum absolute atomic E-state index is 1.09. The number of hydrogen-bond acceptors (Lipinski definition) is 2. The van der Waals surface area contributed by atoms with E-state index in [9.17, 15) is 0 Å². The van der Waals surface area contributed by atoms with Crippen LogP contribution in [0.25, 0.3) is 0 Å². The standard InChI is InChI=1S/C7H12NO/c1-9-8-7-5-3-2-4-6-7/h2H,3-6H2,1H3. The van der Waals surface area contributed by atoms with Crippen molar-refractivity contribution in [3.05, 3.63) is 6.42 Å². The highest BCUT2D eigenvalue weighted by molar-refractivity contribution is 5.84.